The van der Waals surface area contributed by atoms with Crippen molar-refractivity contribution < 1.29 is 9.84 Å². The number of benzene rings is 2. The van der Waals surface area contributed by atoms with E-state index >= 15 is 0 Å². The van der Waals surface area contributed by atoms with E-state index in [0.29, 0.717) is 13.0 Å². The first kappa shape index (κ1) is 16.9. The number of hydrogen-bond acceptors (Lipinski definition) is 4. The van der Waals surface area contributed by atoms with E-state index in [4.69, 9.17) is 10.00 Å². The molecule has 2 aromatic carbocycles. The molecule has 4 nitrogen and oxygen atoms in total. The third kappa shape index (κ3) is 5.32. The highest BCUT2D eigenvalue weighted by atomic mass is 16.5. The minimum atomic E-state index is 0.0482. The van der Waals surface area contributed by atoms with E-state index in [1.54, 1.807) is 0 Å². The second kappa shape index (κ2) is 8.82. The molecule has 0 fully saturated rings. The third-order valence-electron chi connectivity index (χ3n) is 3.55. The van der Waals surface area contributed by atoms with Gasteiger partial charge in [-0.25, -0.2) is 0 Å². The topological polar surface area (TPSA) is 65.3 Å². The van der Waals surface area contributed by atoms with Crippen molar-refractivity contribution in [2.45, 2.75) is 32.4 Å². The first-order valence-corrected chi connectivity index (χ1v) is 7.79. The van der Waals surface area contributed by atoms with Crippen molar-refractivity contribution in [3.8, 4) is 11.8 Å². The highest BCUT2D eigenvalue weighted by molar-refractivity contribution is 5.50. The van der Waals surface area contributed by atoms with Crippen LogP contribution in [-0.2, 0) is 6.61 Å². The Morgan fingerprint density at radius 3 is 2.83 bits per heavy atom. The summed E-state index contributed by atoms with van der Waals surface area (Å²) in [7, 11) is 0. The molecule has 0 aliphatic rings. The standard InChI is InChI=1S/C19H22N2O2/c1-15(17-7-4-6-16(12-17)14-22)21-18-8-5-9-19(13-18)23-11-3-2-10-20/h4-9,12-13,15,21-22H,2-3,11,14H2,1H3. The maximum absolute atomic E-state index is 9.23. The molecule has 0 saturated heterocycles. The molecule has 2 aromatic rings. The van der Waals surface area contributed by atoms with Crippen LogP contribution in [0.3, 0.4) is 0 Å². The number of rotatable bonds is 8. The lowest BCUT2D eigenvalue weighted by molar-refractivity contribution is 0.281. The Hall–Kier alpha value is -2.51. The minimum absolute atomic E-state index is 0.0482. The normalized spacial score (nSPS) is 11.5. The van der Waals surface area contributed by atoms with Crippen molar-refractivity contribution in [1.29, 1.82) is 5.26 Å². The van der Waals surface area contributed by atoms with Crippen LogP contribution < -0.4 is 10.1 Å². The van der Waals surface area contributed by atoms with Gasteiger partial charge in [-0.1, -0.05) is 30.3 Å². The predicted octanol–water partition coefficient (Wildman–Crippen LogP) is 4.03. The fourth-order valence-corrected chi connectivity index (χ4v) is 2.31. The highest BCUT2D eigenvalue weighted by Gasteiger charge is 2.06. The number of aliphatic hydroxyl groups is 1. The average molecular weight is 310 g/mol. The second-order valence-electron chi connectivity index (χ2n) is 5.41. The van der Waals surface area contributed by atoms with Gasteiger partial charge < -0.3 is 15.2 Å². The summed E-state index contributed by atoms with van der Waals surface area (Å²) >= 11 is 0. The lowest BCUT2D eigenvalue weighted by atomic mass is 10.1. The summed E-state index contributed by atoms with van der Waals surface area (Å²) in [5, 5.41) is 21.2. The molecule has 0 aromatic heterocycles. The molecule has 1 atom stereocenters. The third-order valence-corrected chi connectivity index (χ3v) is 3.55. The minimum Gasteiger partial charge on any atom is -0.493 e. The molecule has 0 aliphatic heterocycles. The van der Waals surface area contributed by atoms with Crippen LogP contribution in [0.25, 0.3) is 0 Å². The first-order chi connectivity index (χ1) is 11.2. The van der Waals surface area contributed by atoms with Gasteiger partial charge in [0.15, 0.2) is 0 Å². The SMILES string of the molecule is CC(Nc1cccc(OCCCC#N)c1)c1cccc(CO)c1. The van der Waals surface area contributed by atoms with Crippen LogP contribution in [0.1, 0.15) is 36.9 Å². The van der Waals surface area contributed by atoms with Crippen LogP contribution in [0.15, 0.2) is 48.5 Å². The van der Waals surface area contributed by atoms with Crippen molar-refractivity contribution in [3.63, 3.8) is 0 Å². The Bertz CT molecular complexity index is 664. The molecule has 120 valence electrons. The van der Waals surface area contributed by atoms with Gasteiger partial charge in [0.05, 0.1) is 19.3 Å². The van der Waals surface area contributed by atoms with Crippen molar-refractivity contribution in [2.75, 3.05) is 11.9 Å². The van der Waals surface area contributed by atoms with Crippen LogP contribution in [0.2, 0.25) is 0 Å². The number of nitrogens with zero attached hydrogens (tertiary/aromatic N) is 1. The van der Waals surface area contributed by atoms with Gasteiger partial charge in [-0.3, -0.25) is 0 Å². The molecule has 1 unspecified atom stereocenters. The number of hydrogen-bond donors (Lipinski definition) is 2. The average Bonchev–Trinajstić information content (AvgIpc) is 2.59. The van der Waals surface area contributed by atoms with Gasteiger partial charge >= 0.3 is 0 Å². The van der Waals surface area contributed by atoms with Gasteiger partial charge in [0.2, 0.25) is 0 Å². The molecule has 0 bridgehead atoms. The van der Waals surface area contributed by atoms with Crippen molar-refractivity contribution in [1.82, 2.24) is 0 Å². The molecule has 0 spiro atoms. The molecule has 0 radical (unpaired) electrons. The van der Waals surface area contributed by atoms with Gasteiger partial charge in [-0.2, -0.15) is 5.26 Å². The number of unbranched alkanes of at least 4 members (excludes halogenated alkanes) is 1. The highest BCUT2D eigenvalue weighted by Crippen LogP contribution is 2.23. The lowest BCUT2D eigenvalue weighted by Crippen LogP contribution is -2.07. The van der Waals surface area contributed by atoms with Crippen LogP contribution >= 0.6 is 0 Å². The van der Waals surface area contributed by atoms with E-state index in [9.17, 15) is 5.11 Å². The van der Waals surface area contributed by atoms with Gasteiger partial charge in [-0.05, 0) is 36.6 Å². The molecular formula is C19H22N2O2. The predicted molar refractivity (Wildman–Crippen MR) is 91.2 cm³/mol. The summed E-state index contributed by atoms with van der Waals surface area (Å²) < 4.78 is 5.65. The molecule has 2 rings (SSSR count). The Morgan fingerprint density at radius 2 is 2.04 bits per heavy atom. The quantitative estimate of drug-likeness (QED) is 0.722. The van der Waals surface area contributed by atoms with Crippen LogP contribution in [0.4, 0.5) is 5.69 Å². The molecule has 0 heterocycles. The summed E-state index contributed by atoms with van der Waals surface area (Å²) in [5.74, 6) is 0.796. The van der Waals surface area contributed by atoms with E-state index in [1.807, 2.05) is 48.5 Å². The molecule has 23 heavy (non-hydrogen) atoms. The number of aliphatic hydroxyl groups excluding tert-OH is 1. The molecule has 0 aliphatic carbocycles. The molecule has 0 saturated carbocycles. The largest absolute Gasteiger partial charge is 0.493 e. The Kier molecular flexibility index (Phi) is 6.46. The Morgan fingerprint density at radius 1 is 1.22 bits per heavy atom. The Balaban J connectivity index is 1.97. The van der Waals surface area contributed by atoms with E-state index in [-0.39, 0.29) is 12.6 Å². The van der Waals surface area contributed by atoms with E-state index in [2.05, 4.69) is 18.3 Å². The fourth-order valence-electron chi connectivity index (χ4n) is 2.31. The molecule has 4 heteroatoms. The summed E-state index contributed by atoms with van der Waals surface area (Å²) in [4.78, 5) is 0. The number of nitrogens with one attached hydrogen (secondary N) is 1. The zero-order valence-electron chi connectivity index (χ0n) is 13.3. The van der Waals surface area contributed by atoms with Crippen molar-refractivity contribution in [2.24, 2.45) is 0 Å². The van der Waals surface area contributed by atoms with Gasteiger partial charge in [0.25, 0.3) is 0 Å². The summed E-state index contributed by atoms with van der Waals surface area (Å²) in [6.07, 6.45) is 1.24. The van der Waals surface area contributed by atoms with Crippen molar-refractivity contribution >= 4 is 5.69 Å². The smallest absolute Gasteiger partial charge is 0.121 e. The lowest BCUT2D eigenvalue weighted by Gasteiger charge is -2.17. The monoisotopic (exact) mass is 310 g/mol. The Labute approximate surface area is 137 Å². The zero-order chi connectivity index (χ0) is 16.5. The van der Waals surface area contributed by atoms with Crippen LogP contribution in [0, 0.1) is 11.3 Å². The second-order valence-corrected chi connectivity index (χ2v) is 5.41. The maximum atomic E-state index is 9.23. The van der Waals surface area contributed by atoms with E-state index in [0.717, 1.165) is 29.0 Å². The summed E-state index contributed by atoms with van der Waals surface area (Å²) in [6.45, 7) is 2.68. The van der Waals surface area contributed by atoms with Gasteiger partial charge in [-0.15, -0.1) is 0 Å². The van der Waals surface area contributed by atoms with Gasteiger partial charge in [0, 0.05) is 24.2 Å². The van der Waals surface area contributed by atoms with Crippen LogP contribution in [0.5, 0.6) is 5.75 Å². The maximum Gasteiger partial charge on any atom is 0.121 e. The van der Waals surface area contributed by atoms with Crippen LogP contribution in [-0.4, -0.2) is 11.7 Å². The molecule has 2 N–H and O–H groups in total. The summed E-state index contributed by atoms with van der Waals surface area (Å²) in [5.41, 5.74) is 3.01. The van der Waals surface area contributed by atoms with Crippen molar-refractivity contribution in [3.05, 3.63) is 59.7 Å². The fraction of sp³-hybridized carbons (Fsp3) is 0.316. The molecule has 0 amide bonds. The molecular weight excluding hydrogens is 288 g/mol. The number of anilines is 1. The first-order valence-electron chi connectivity index (χ1n) is 7.79. The number of nitriles is 1. The van der Waals surface area contributed by atoms with Gasteiger partial charge in [0.1, 0.15) is 5.75 Å². The zero-order valence-corrected chi connectivity index (χ0v) is 13.3. The van der Waals surface area contributed by atoms with E-state index < -0.39 is 0 Å². The van der Waals surface area contributed by atoms with E-state index in [1.165, 1.54) is 0 Å². The number of ether oxygens (including phenoxy) is 1. The summed E-state index contributed by atoms with van der Waals surface area (Å²) in [6, 6.07) is 17.9.